The Balaban J connectivity index is 2.64. The van der Waals surface area contributed by atoms with Crippen LogP contribution in [0.2, 0.25) is 0 Å². The van der Waals surface area contributed by atoms with Crippen molar-refractivity contribution < 1.29 is 4.74 Å². The van der Waals surface area contributed by atoms with Gasteiger partial charge < -0.3 is 10.1 Å². The molecule has 0 aliphatic carbocycles. The first-order chi connectivity index (χ1) is 8.83. The molecule has 1 rings (SSSR count). The first-order valence-corrected chi connectivity index (χ1v) is 7.89. The summed E-state index contributed by atoms with van der Waals surface area (Å²) in [6, 6.07) is 0.446. The average molecular weight is 253 g/mol. The van der Waals surface area contributed by atoms with Gasteiger partial charge in [-0.05, 0) is 44.2 Å². The summed E-state index contributed by atoms with van der Waals surface area (Å²) >= 11 is 0. The highest BCUT2D eigenvalue weighted by molar-refractivity contribution is 5.07. The fourth-order valence-electron chi connectivity index (χ4n) is 2.67. The zero-order valence-electron chi connectivity index (χ0n) is 12.5. The smallest absolute Gasteiger partial charge is 0.109 e. The first kappa shape index (κ1) is 15.6. The molecule has 0 saturated heterocycles. The quantitative estimate of drug-likeness (QED) is 0.662. The molecule has 0 amide bonds. The van der Waals surface area contributed by atoms with Crippen LogP contribution in [0.1, 0.15) is 65.7 Å². The second-order valence-corrected chi connectivity index (χ2v) is 5.34. The van der Waals surface area contributed by atoms with Crippen molar-refractivity contribution in [2.24, 2.45) is 5.92 Å². The number of ether oxygens (including phenoxy) is 1. The molecule has 0 radical (unpaired) electrons. The van der Waals surface area contributed by atoms with Crippen molar-refractivity contribution in [1.82, 2.24) is 5.32 Å². The van der Waals surface area contributed by atoms with Crippen molar-refractivity contribution in [1.29, 1.82) is 0 Å². The number of allylic oxidation sites excluding steroid dienone is 1. The molecule has 1 aliphatic rings. The molecule has 1 N–H and O–H groups in total. The molecule has 18 heavy (non-hydrogen) atoms. The van der Waals surface area contributed by atoms with Gasteiger partial charge in [0.05, 0.1) is 12.6 Å². The summed E-state index contributed by atoms with van der Waals surface area (Å²) in [5, 5.41) is 3.71. The molecule has 0 fully saturated rings. The molecule has 2 heteroatoms. The van der Waals surface area contributed by atoms with Gasteiger partial charge in [-0.3, -0.25) is 0 Å². The third-order valence-corrected chi connectivity index (χ3v) is 3.81. The molecule has 2 unspecified atom stereocenters. The molecule has 0 saturated carbocycles. The van der Waals surface area contributed by atoms with Crippen LogP contribution in [0.4, 0.5) is 0 Å². The highest BCUT2D eigenvalue weighted by Gasteiger charge is 2.25. The predicted molar refractivity (Wildman–Crippen MR) is 78.7 cm³/mol. The third-order valence-electron chi connectivity index (χ3n) is 3.81. The zero-order chi connectivity index (χ0) is 13.2. The standard InChI is InChI=1S/C16H31NO/c1-4-7-10-14(6-3)16(17-12-5-2)15-11-8-9-13-18-15/h11,14,16-17H,4-10,12-13H2,1-3H3. The van der Waals surface area contributed by atoms with Gasteiger partial charge in [-0.2, -0.15) is 0 Å². The summed E-state index contributed by atoms with van der Waals surface area (Å²) in [6.07, 6.45) is 11.0. The number of hydrogen-bond acceptors (Lipinski definition) is 2. The molecule has 0 aromatic heterocycles. The molecule has 2 atom stereocenters. The lowest BCUT2D eigenvalue weighted by molar-refractivity contribution is 0.146. The fraction of sp³-hybridized carbons (Fsp3) is 0.875. The summed E-state index contributed by atoms with van der Waals surface area (Å²) in [7, 11) is 0. The van der Waals surface area contributed by atoms with Gasteiger partial charge in [-0.1, -0.05) is 40.0 Å². The molecule has 1 aliphatic heterocycles. The second-order valence-electron chi connectivity index (χ2n) is 5.34. The van der Waals surface area contributed by atoms with Gasteiger partial charge in [0, 0.05) is 0 Å². The van der Waals surface area contributed by atoms with E-state index in [2.05, 4.69) is 32.2 Å². The molecule has 1 heterocycles. The van der Waals surface area contributed by atoms with E-state index in [-0.39, 0.29) is 0 Å². The summed E-state index contributed by atoms with van der Waals surface area (Å²) in [5.74, 6) is 1.94. The van der Waals surface area contributed by atoms with Crippen LogP contribution in [0, 0.1) is 5.92 Å². The monoisotopic (exact) mass is 253 g/mol. The van der Waals surface area contributed by atoms with Crippen molar-refractivity contribution in [3.63, 3.8) is 0 Å². The van der Waals surface area contributed by atoms with E-state index < -0.39 is 0 Å². The van der Waals surface area contributed by atoms with Gasteiger partial charge in [-0.25, -0.2) is 0 Å². The van der Waals surface area contributed by atoms with Gasteiger partial charge in [0.15, 0.2) is 0 Å². The largest absolute Gasteiger partial charge is 0.497 e. The van der Waals surface area contributed by atoms with Gasteiger partial charge in [0.1, 0.15) is 5.76 Å². The van der Waals surface area contributed by atoms with Gasteiger partial charge in [-0.15, -0.1) is 0 Å². The highest BCUT2D eigenvalue weighted by atomic mass is 16.5. The summed E-state index contributed by atoms with van der Waals surface area (Å²) < 4.78 is 5.90. The van der Waals surface area contributed by atoms with Gasteiger partial charge >= 0.3 is 0 Å². The van der Waals surface area contributed by atoms with Crippen LogP contribution in [-0.4, -0.2) is 19.2 Å². The number of rotatable bonds is 9. The Morgan fingerprint density at radius 2 is 2.11 bits per heavy atom. The van der Waals surface area contributed by atoms with Crippen molar-refractivity contribution >= 4 is 0 Å². The van der Waals surface area contributed by atoms with Crippen LogP contribution < -0.4 is 5.32 Å². The molecule has 0 aromatic carbocycles. The van der Waals surface area contributed by atoms with E-state index in [1.54, 1.807) is 0 Å². The summed E-state index contributed by atoms with van der Waals surface area (Å²) in [5.41, 5.74) is 0. The second kappa shape index (κ2) is 9.43. The summed E-state index contributed by atoms with van der Waals surface area (Å²) in [4.78, 5) is 0. The Bertz CT molecular complexity index is 237. The Morgan fingerprint density at radius 3 is 2.67 bits per heavy atom. The van der Waals surface area contributed by atoms with Crippen molar-refractivity contribution in [3.05, 3.63) is 11.8 Å². The Kier molecular flexibility index (Phi) is 8.15. The molecule has 2 nitrogen and oxygen atoms in total. The minimum atomic E-state index is 0.446. The van der Waals surface area contributed by atoms with Crippen molar-refractivity contribution in [3.8, 4) is 0 Å². The molecule has 0 bridgehead atoms. The van der Waals surface area contributed by atoms with Gasteiger partial charge in [0.2, 0.25) is 0 Å². The Morgan fingerprint density at radius 1 is 1.28 bits per heavy atom. The maximum Gasteiger partial charge on any atom is 0.109 e. The summed E-state index contributed by atoms with van der Waals surface area (Å²) in [6.45, 7) is 8.81. The Hall–Kier alpha value is -0.500. The van der Waals surface area contributed by atoms with Crippen LogP contribution in [-0.2, 0) is 4.74 Å². The molecule has 106 valence electrons. The van der Waals surface area contributed by atoms with E-state index >= 15 is 0 Å². The maximum absolute atomic E-state index is 5.90. The minimum Gasteiger partial charge on any atom is -0.497 e. The molecular formula is C16H31NO. The highest BCUT2D eigenvalue weighted by Crippen LogP contribution is 2.25. The van der Waals surface area contributed by atoms with Crippen LogP contribution in [0.3, 0.4) is 0 Å². The van der Waals surface area contributed by atoms with E-state index in [0.29, 0.717) is 6.04 Å². The third kappa shape index (κ3) is 5.01. The molecular weight excluding hydrogens is 222 g/mol. The average Bonchev–Trinajstić information content (AvgIpc) is 2.43. The lowest BCUT2D eigenvalue weighted by Crippen LogP contribution is -2.39. The number of unbranched alkanes of at least 4 members (excludes halogenated alkanes) is 1. The molecule has 0 aromatic rings. The predicted octanol–water partition coefficient (Wildman–Crippen LogP) is 4.27. The number of hydrogen-bond donors (Lipinski definition) is 1. The van der Waals surface area contributed by atoms with E-state index in [1.165, 1.54) is 50.7 Å². The fourth-order valence-corrected chi connectivity index (χ4v) is 2.67. The van der Waals surface area contributed by atoms with E-state index in [9.17, 15) is 0 Å². The minimum absolute atomic E-state index is 0.446. The zero-order valence-corrected chi connectivity index (χ0v) is 12.5. The maximum atomic E-state index is 5.90. The van der Waals surface area contributed by atoms with E-state index in [1.807, 2.05) is 0 Å². The topological polar surface area (TPSA) is 21.3 Å². The molecule has 0 spiro atoms. The number of nitrogens with one attached hydrogen (secondary N) is 1. The van der Waals surface area contributed by atoms with Crippen LogP contribution in [0.15, 0.2) is 11.8 Å². The van der Waals surface area contributed by atoms with Crippen LogP contribution in [0.25, 0.3) is 0 Å². The van der Waals surface area contributed by atoms with Gasteiger partial charge in [0.25, 0.3) is 0 Å². The first-order valence-electron chi connectivity index (χ1n) is 7.89. The normalized spacial score (nSPS) is 18.9. The SMILES string of the molecule is CCCCC(CC)C(NCCC)C1=CCCCO1. The van der Waals surface area contributed by atoms with E-state index in [0.717, 1.165) is 19.1 Å². The van der Waals surface area contributed by atoms with Crippen molar-refractivity contribution in [2.75, 3.05) is 13.2 Å². The van der Waals surface area contributed by atoms with E-state index in [4.69, 9.17) is 4.74 Å². The lowest BCUT2D eigenvalue weighted by atomic mass is 9.89. The van der Waals surface area contributed by atoms with Crippen molar-refractivity contribution in [2.45, 2.75) is 71.8 Å². The lowest BCUT2D eigenvalue weighted by Gasteiger charge is -2.31. The van der Waals surface area contributed by atoms with Crippen LogP contribution in [0.5, 0.6) is 0 Å². The van der Waals surface area contributed by atoms with Crippen LogP contribution >= 0.6 is 0 Å². The Labute approximate surface area is 113 Å².